The van der Waals surface area contributed by atoms with E-state index in [2.05, 4.69) is 14.9 Å². The molecular weight excluding hydrogens is 566 g/mol. The molecule has 0 N–H and O–H groups in total. The summed E-state index contributed by atoms with van der Waals surface area (Å²) in [6.07, 6.45) is 3.33. The summed E-state index contributed by atoms with van der Waals surface area (Å²) in [5, 5.41) is 2.82. The molecule has 2 aliphatic rings. The fraction of sp³-hybridized carbons (Fsp3) is 0.424. The minimum absolute atomic E-state index is 0.0227. The third kappa shape index (κ3) is 5.83. The molecule has 9 nitrogen and oxygen atoms in total. The van der Waals surface area contributed by atoms with Crippen molar-refractivity contribution >= 4 is 51.2 Å². The molecule has 0 spiro atoms. The SMILES string of the molecule is CC(C)(C)OC(=O)N1C2CCC1CN(c1nc(Cl)nc3cc(-c4cc(OC(=O)C(C)(C)C)cc5ccccc45)ncc13)C2. The number of aromatic nitrogens is 3. The first kappa shape index (κ1) is 29.1. The number of hydrogen-bond donors (Lipinski definition) is 0. The van der Waals surface area contributed by atoms with E-state index in [0.717, 1.165) is 34.6 Å². The van der Waals surface area contributed by atoms with Crippen LogP contribution in [0.4, 0.5) is 10.6 Å². The molecule has 2 aliphatic heterocycles. The third-order valence-corrected chi connectivity index (χ3v) is 8.02. The Kier molecular flexibility index (Phi) is 7.19. The van der Waals surface area contributed by atoms with Crippen LogP contribution in [-0.4, -0.2) is 62.7 Å². The lowest BCUT2D eigenvalue weighted by Gasteiger charge is -2.42. The van der Waals surface area contributed by atoms with Crippen molar-refractivity contribution < 1.29 is 19.1 Å². The summed E-state index contributed by atoms with van der Waals surface area (Å²) in [5.41, 5.74) is 0.953. The normalized spacial score (nSPS) is 18.8. The summed E-state index contributed by atoms with van der Waals surface area (Å²) in [4.78, 5) is 43.8. The van der Waals surface area contributed by atoms with Gasteiger partial charge in [-0.1, -0.05) is 24.3 Å². The molecule has 2 atom stereocenters. The first-order valence-corrected chi connectivity index (χ1v) is 15.0. The van der Waals surface area contributed by atoms with Crippen molar-refractivity contribution in [2.45, 2.75) is 72.1 Å². The molecule has 10 heteroatoms. The lowest BCUT2D eigenvalue weighted by atomic mass is 9.97. The van der Waals surface area contributed by atoms with Crippen LogP contribution in [-0.2, 0) is 9.53 Å². The number of rotatable bonds is 3. The smallest absolute Gasteiger partial charge is 0.410 e. The number of hydrogen-bond acceptors (Lipinski definition) is 8. The first-order valence-electron chi connectivity index (χ1n) is 14.6. The maximum absolute atomic E-state index is 13.0. The van der Waals surface area contributed by atoms with Crippen LogP contribution in [0.25, 0.3) is 32.9 Å². The van der Waals surface area contributed by atoms with Gasteiger partial charge in [-0.05, 0) is 95.0 Å². The minimum Gasteiger partial charge on any atom is -0.444 e. The molecule has 0 aliphatic carbocycles. The fourth-order valence-electron chi connectivity index (χ4n) is 5.87. The number of pyridine rings is 1. The topological polar surface area (TPSA) is 97.8 Å². The van der Waals surface area contributed by atoms with Crippen LogP contribution >= 0.6 is 11.6 Å². The highest BCUT2D eigenvalue weighted by Crippen LogP contribution is 2.38. The van der Waals surface area contributed by atoms with Gasteiger partial charge in [0, 0.05) is 24.8 Å². The molecular formula is C33H36ClN5O4. The molecule has 0 saturated carbocycles. The summed E-state index contributed by atoms with van der Waals surface area (Å²) >= 11 is 6.49. The van der Waals surface area contributed by atoms with Gasteiger partial charge in [-0.15, -0.1) is 0 Å². The van der Waals surface area contributed by atoms with E-state index < -0.39 is 11.0 Å². The number of carbonyl (C=O) groups excluding carboxylic acids is 2. The Bertz CT molecular complexity index is 1730. The van der Waals surface area contributed by atoms with Crippen molar-refractivity contribution in [2.75, 3.05) is 18.0 Å². The van der Waals surface area contributed by atoms with Crippen LogP contribution in [0.15, 0.2) is 48.7 Å². The average molecular weight is 602 g/mol. The molecule has 43 heavy (non-hydrogen) atoms. The summed E-state index contributed by atoms with van der Waals surface area (Å²) in [7, 11) is 0. The highest BCUT2D eigenvalue weighted by atomic mass is 35.5. The molecule has 1 amide bonds. The average Bonchev–Trinajstić information content (AvgIpc) is 3.20. The van der Waals surface area contributed by atoms with E-state index in [1.165, 1.54) is 0 Å². The Balaban J connectivity index is 1.35. The zero-order chi connectivity index (χ0) is 30.7. The number of carbonyl (C=O) groups is 2. The highest BCUT2D eigenvalue weighted by molar-refractivity contribution is 6.28. The molecule has 4 heterocycles. The third-order valence-electron chi connectivity index (χ3n) is 7.85. The van der Waals surface area contributed by atoms with Gasteiger partial charge in [0.05, 0.1) is 34.1 Å². The van der Waals surface area contributed by atoms with E-state index in [1.54, 1.807) is 6.20 Å². The van der Waals surface area contributed by atoms with Crippen LogP contribution in [0.3, 0.4) is 0 Å². The fourth-order valence-corrected chi connectivity index (χ4v) is 6.04. The molecule has 2 bridgehead atoms. The maximum atomic E-state index is 13.0. The Labute approximate surface area is 256 Å². The van der Waals surface area contributed by atoms with Crippen molar-refractivity contribution in [2.24, 2.45) is 5.41 Å². The van der Waals surface area contributed by atoms with Gasteiger partial charge in [-0.2, -0.15) is 4.98 Å². The van der Waals surface area contributed by atoms with E-state index in [0.29, 0.717) is 35.9 Å². The first-order chi connectivity index (χ1) is 20.3. The Hall–Kier alpha value is -3.98. The predicted molar refractivity (Wildman–Crippen MR) is 167 cm³/mol. The standard InChI is InChI=1S/C33H36ClN5O4/c1-32(2,3)29(40)42-22-13-19-9-7-8-10-23(19)24(14-22)26-15-27-25(16-35-26)28(37-30(34)36-27)38-17-20-11-12-21(18-38)39(20)31(41)43-33(4,5)6/h7-10,13-16,20-21H,11-12,17-18H2,1-6H3. The number of ether oxygens (including phenoxy) is 2. The second-order valence-corrected chi connectivity index (χ2v) is 13.8. The molecule has 2 aromatic carbocycles. The number of benzene rings is 2. The van der Waals surface area contributed by atoms with Gasteiger partial charge in [0.15, 0.2) is 0 Å². The van der Waals surface area contributed by atoms with Gasteiger partial charge in [0.1, 0.15) is 17.2 Å². The zero-order valence-electron chi connectivity index (χ0n) is 25.3. The van der Waals surface area contributed by atoms with Crippen molar-refractivity contribution in [3.8, 4) is 17.0 Å². The molecule has 0 radical (unpaired) electrons. The second kappa shape index (κ2) is 10.6. The van der Waals surface area contributed by atoms with Crippen LogP contribution in [0.2, 0.25) is 5.28 Å². The Morgan fingerprint density at radius 3 is 2.30 bits per heavy atom. The number of anilines is 1. The summed E-state index contributed by atoms with van der Waals surface area (Å²) in [6.45, 7) is 12.4. The number of esters is 1. The quantitative estimate of drug-likeness (QED) is 0.140. The van der Waals surface area contributed by atoms with E-state index in [-0.39, 0.29) is 29.4 Å². The van der Waals surface area contributed by atoms with Crippen molar-refractivity contribution in [3.05, 3.63) is 53.9 Å². The van der Waals surface area contributed by atoms with Gasteiger partial charge in [0.25, 0.3) is 0 Å². The zero-order valence-corrected chi connectivity index (χ0v) is 26.1. The largest absolute Gasteiger partial charge is 0.444 e. The van der Waals surface area contributed by atoms with Crippen LogP contribution in [0.1, 0.15) is 54.4 Å². The van der Waals surface area contributed by atoms with Crippen molar-refractivity contribution in [3.63, 3.8) is 0 Å². The Morgan fingerprint density at radius 1 is 0.930 bits per heavy atom. The van der Waals surface area contributed by atoms with Crippen molar-refractivity contribution in [1.29, 1.82) is 0 Å². The minimum atomic E-state index is -0.644. The number of nitrogens with zero attached hydrogens (tertiary/aromatic N) is 5. The van der Waals surface area contributed by atoms with Crippen molar-refractivity contribution in [1.82, 2.24) is 19.9 Å². The van der Waals surface area contributed by atoms with Crippen LogP contribution in [0.5, 0.6) is 5.75 Å². The highest BCUT2D eigenvalue weighted by Gasteiger charge is 2.45. The number of piperazine rings is 1. The molecule has 6 rings (SSSR count). The lowest BCUT2D eigenvalue weighted by molar-refractivity contribution is -0.142. The van der Waals surface area contributed by atoms with Gasteiger partial charge < -0.3 is 14.4 Å². The van der Waals surface area contributed by atoms with Gasteiger partial charge in [0.2, 0.25) is 5.28 Å². The maximum Gasteiger partial charge on any atom is 0.410 e. The Morgan fingerprint density at radius 2 is 1.63 bits per heavy atom. The van der Waals surface area contributed by atoms with E-state index in [9.17, 15) is 9.59 Å². The number of amides is 1. The summed E-state index contributed by atoms with van der Waals surface area (Å²) in [5.74, 6) is 0.841. The number of fused-ring (bicyclic) bond motifs is 4. The molecule has 224 valence electrons. The van der Waals surface area contributed by atoms with Gasteiger partial charge >= 0.3 is 12.1 Å². The molecule has 4 aromatic rings. The van der Waals surface area contributed by atoms with E-state index in [1.807, 2.05) is 88.9 Å². The summed E-state index contributed by atoms with van der Waals surface area (Å²) < 4.78 is 11.5. The molecule has 2 fully saturated rings. The summed E-state index contributed by atoms with van der Waals surface area (Å²) in [6, 6.07) is 13.6. The van der Waals surface area contributed by atoms with E-state index >= 15 is 0 Å². The molecule has 2 saturated heterocycles. The molecule has 2 unspecified atom stereocenters. The van der Waals surface area contributed by atoms with Gasteiger partial charge in [-0.25, -0.2) is 9.78 Å². The second-order valence-electron chi connectivity index (χ2n) is 13.4. The molecule has 2 aromatic heterocycles. The van der Waals surface area contributed by atoms with Gasteiger partial charge in [-0.3, -0.25) is 14.7 Å². The number of halogens is 1. The van der Waals surface area contributed by atoms with Crippen LogP contribution in [0, 0.1) is 5.41 Å². The van der Waals surface area contributed by atoms with Crippen LogP contribution < -0.4 is 9.64 Å². The monoisotopic (exact) mass is 601 g/mol. The van der Waals surface area contributed by atoms with E-state index in [4.69, 9.17) is 26.1 Å². The predicted octanol–water partition coefficient (Wildman–Crippen LogP) is 7.04. The lowest BCUT2D eigenvalue weighted by Crippen LogP contribution is -2.57.